The molecule has 0 atom stereocenters. The van der Waals surface area contributed by atoms with Gasteiger partial charge in [0.15, 0.2) is 5.69 Å². The maximum absolute atomic E-state index is 12.7. The lowest BCUT2D eigenvalue weighted by atomic mass is 10.1. The van der Waals surface area contributed by atoms with E-state index < -0.39 is 0 Å². The molecule has 1 aromatic carbocycles. The fraction of sp³-hybridized carbons (Fsp3) is 0.583. The zero-order chi connectivity index (χ0) is 22.3. The van der Waals surface area contributed by atoms with E-state index in [1.54, 1.807) is 4.90 Å². The van der Waals surface area contributed by atoms with Gasteiger partial charge in [-0.05, 0) is 25.0 Å². The Morgan fingerprint density at radius 2 is 1.75 bits per heavy atom. The number of carbonyl (C=O) groups is 1. The van der Waals surface area contributed by atoms with Gasteiger partial charge in [-0.1, -0.05) is 23.8 Å². The van der Waals surface area contributed by atoms with E-state index in [2.05, 4.69) is 46.8 Å². The van der Waals surface area contributed by atoms with E-state index in [1.807, 2.05) is 0 Å². The number of nitrogens with zero attached hydrogens (tertiary/aromatic N) is 4. The standard InChI is InChI=1S/C24H34N4O4/c1-19-3-4-20(2)21(15-19)16-27(6-5-26-7-11-30-12-8-26)17-23-25-22(18-32-23)24(29)28-9-13-31-14-10-28/h3-4,15,18H,5-14,16-17H2,1-2H3. The average molecular weight is 443 g/mol. The normalized spacial score (nSPS) is 17.8. The molecule has 1 amide bonds. The molecule has 0 N–H and O–H groups in total. The molecular formula is C24H34N4O4. The van der Waals surface area contributed by atoms with E-state index in [-0.39, 0.29) is 5.91 Å². The van der Waals surface area contributed by atoms with E-state index in [0.717, 1.165) is 45.9 Å². The van der Waals surface area contributed by atoms with Gasteiger partial charge < -0.3 is 18.8 Å². The van der Waals surface area contributed by atoms with Crippen LogP contribution in [0.25, 0.3) is 0 Å². The van der Waals surface area contributed by atoms with Gasteiger partial charge in [0.05, 0.1) is 33.0 Å². The van der Waals surface area contributed by atoms with E-state index in [0.29, 0.717) is 44.4 Å². The van der Waals surface area contributed by atoms with Crippen molar-refractivity contribution in [1.82, 2.24) is 19.7 Å². The van der Waals surface area contributed by atoms with Crippen molar-refractivity contribution in [3.63, 3.8) is 0 Å². The van der Waals surface area contributed by atoms with Crippen LogP contribution in [-0.2, 0) is 22.6 Å². The first-order valence-electron chi connectivity index (χ1n) is 11.5. The molecule has 0 spiro atoms. The van der Waals surface area contributed by atoms with Crippen molar-refractivity contribution in [3.8, 4) is 0 Å². The summed E-state index contributed by atoms with van der Waals surface area (Å²) in [6.07, 6.45) is 1.49. The number of aromatic nitrogens is 1. The first kappa shape index (κ1) is 22.9. The molecule has 2 aromatic rings. The van der Waals surface area contributed by atoms with E-state index in [4.69, 9.17) is 13.9 Å². The third-order valence-electron chi connectivity index (χ3n) is 6.16. The summed E-state index contributed by atoms with van der Waals surface area (Å²) in [6.45, 7) is 13.4. The molecule has 0 bridgehead atoms. The Balaban J connectivity index is 1.43. The summed E-state index contributed by atoms with van der Waals surface area (Å²) < 4.78 is 16.5. The molecule has 8 heteroatoms. The summed E-state index contributed by atoms with van der Waals surface area (Å²) in [5.74, 6) is 0.492. The zero-order valence-electron chi connectivity index (χ0n) is 19.2. The number of ether oxygens (including phenoxy) is 2. The van der Waals surface area contributed by atoms with Gasteiger partial charge in [-0.3, -0.25) is 14.6 Å². The second-order valence-electron chi connectivity index (χ2n) is 8.63. The number of amides is 1. The summed E-state index contributed by atoms with van der Waals surface area (Å²) in [6, 6.07) is 6.57. The van der Waals surface area contributed by atoms with Crippen LogP contribution < -0.4 is 0 Å². The van der Waals surface area contributed by atoms with E-state index >= 15 is 0 Å². The Hall–Kier alpha value is -2.26. The molecule has 2 fully saturated rings. The minimum Gasteiger partial charge on any atom is -0.447 e. The second kappa shape index (κ2) is 11.0. The van der Waals surface area contributed by atoms with Crippen LogP contribution in [0.2, 0.25) is 0 Å². The molecule has 0 unspecified atom stereocenters. The van der Waals surface area contributed by atoms with Crippen LogP contribution in [0.1, 0.15) is 33.1 Å². The molecule has 0 aliphatic carbocycles. The monoisotopic (exact) mass is 442 g/mol. The summed E-state index contributed by atoms with van der Waals surface area (Å²) in [5, 5.41) is 0. The average Bonchev–Trinajstić information content (AvgIpc) is 3.29. The van der Waals surface area contributed by atoms with Crippen LogP contribution in [-0.4, -0.2) is 91.3 Å². The van der Waals surface area contributed by atoms with Crippen molar-refractivity contribution in [2.75, 3.05) is 65.7 Å². The van der Waals surface area contributed by atoms with Crippen molar-refractivity contribution in [2.45, 2.75) is 26.9 Å². The third-order valence-corrected chi connectivity index (χ3v) is 6.16. The Morgan fingerprint density at radius 3 is 2.50 bits per heavy atom. The van der Waals surface area contributed by atoms with Crippen molar-refractivity contribution in [2.24, 2.45) is 0 Å². The van der Waals surface area contributed by atoms with Gasteiger partial charge in [0, 0.05) is 45.8 Å². The molecule has 2 aliphatic heterocycles. The Kier molecular flexibility index (Phi) is 7.91. The van der Waals surface area contributed by atoms with Gasteiger partial charge in [-0.25, -0.2) is 4.98 Å². The summed E-state index contributed by atoms with van der Waals surface area (Å²) in [7, 11) is 0. The van der Waals surface area contributed by atoms with Crippen molar-refractivity contribution < 1.29 is 18.7 Å². The van der Waals surface area contributed by atoms with Crippen LogP contribution in [0.15, 0.2) is 28.9 Å². The lowest BCUT2D eigenvalue weighted by Crippen LogP contribution is -2.41. The number of morpholine rings is 2. The molecule has 0 radical (unpaired) electrons. The van der Waals surface area contributed by atoms with Gasteiger partial charge in [-0.15, -0.1) is 0 Å². The molecular weight excluding hydrogens is 408 g/mol. The zero-order valence-corrected chi connectivity index (χ0v) is 19.2. The van der Waals surface area contributed by atoms with Crippen molar-refractivity contribution in [1.29, 1.82) is 0 Å². The molecule has 3 heterocycles. The lowest BCUT2D eigenvalue weighted by Gasteiger charge is -2.30. The molecule has 2 aliphatic rings. The molecule has 174 valence electrons. The minimum atomic E-state index is -0.0855. The SMILES string of the molecule is Cc1ccc(C)c(CN(CCN2CCOCC2)Cc2nc(C(=O)N3CCOCC3)co2)c1. The second-order valence-corrected chi connectivity index (χ2v) is 8.63. The number of oxazole rings is 1. The fourth-order valence-corrected chi connectivity index (χ4v) is 4.13. The summed E-state index contributed by atoms with van der Waals surface area (Å²) in [4.78, 5) is 23.8. The van der Waals surface area contributed by atoms with E-state index in [1.165, 1.54) is 23.0 Å². The molecule has 0 saturated carbocycles. The topological polar surface area (TPSA) is 71.3 Å². The fourth-order valence-electron chi connectivity index (χ4n) is 4.13. The highest BCUT2D eigenvalue weighted by atomic mass is 16.5. The predicted octanol–water partition coefficient (Wildman–Crippen LogP) is 2.10. The number of hydrogen-bond donors (Lipinski definition) is 0. The highest BCUT2D eigenvalue weighted by Gasteiger charge is 2.23. The number of benzene rings is 1. The number of hydrogen-bond acceptors (Lipinski definition) is 7. The maximum Gasteiger partial charge on any atom is 0.275 e. The highest BCUT2D eigenvalue weighted by molar-refractivity contribution is 5.92. The Morgan fingerprint density at radius 1 is 1.03 bits per heavy atom. The molecule has 1 aromatic heterocycles. The van der Waals surface area contributed by atoms with Gasteiger partial charge in [0.1, 0.15) is 6.26 Å². The van der Waals surface area contributed by atoms with Crippen molar-refractivity contribution >= 4 is 5.91 Å². The van der Waals surface area contributed by atoms with Crippen LogP contribution in [0.5, 0.6) is 0 Å². The summed E-state index contributed by atoms with van der Waals surface area (Å²) in [5.41, 5.74) is 4.22. The quantitative estimate of drug-likeness (QED) is 0.620. The first-order chi connectivity index (χ1) is 15.6. The summed E-state index contributed by atoms with van der Waals surface area (Å²) >= 11 is 0. The van der Waals surface area contributed by atoms with Crippen molar-refractivity contribution in [3.05, 3.63) is 52.7 Å². The van der Waals surface area contributed by atoms with Gasteiger partial charge in [-0.2, -0.15) is 0 Å². The van der Waals surface area contributed by atoms with Gasteiger partial charge >= 0.3 is 0 Å². The highest BCUT2D eigenvalue weighted by Crippen LogP contribution is 2.16. The van der Waals surface area contributed by atoms with Crippen LogP contribution in [0.4, 0.5) is 0 Å². The van der Waals surface area contributed by atoms with Gasteiger partial charge in [0.2, 0.25) is 5.89 Å². The third kappa shape index (κ3) is 6.16. The van der Waals surface area contributed by atoms with Crippen LogP contribution in [0.3, 0.4) is 0 Å². The largest absolute Gasteiger partial charge is 0.447 e. The Labute approximate surface area is 190 Å². The first-order valence-corrected chi connectivity index (χ1v) is 11.5. The predicted molar refractivity (Wildman–Crippen MR) is 121 cm³/mol. The smallest absolute Gasteiger partial charge is 0.275 e. The lowest BCUT2D eigenvalue weighted by molar-refractivity contribution is 0.0299. The Bertz CT molecular complexity index is 888. The van der Waals surface area contributed by atoms with E-state index in [9.17, 15) is 4.79 Å². The maximum atomic E-state index is 12.7. The molecule has 2 saturated heterocycles. The minimum absolute atomic E-state index is 0.0855. The number of carbonyl (C=O) groups excluding carboxylic acids is 1. The number of rotatable bonds is 8. The molecule has 4 rings (SSSR count). The molecule has 32 heavy (non-hydrogen) atoms. The van der Waals surface area contributed by atoms with Gasteiger partial charge in [0.25, 0.3) is 5.91 Å². The van der Waals surface area contributed by atoms with Crippen LogP contribution >= 0.6 is 0 Å². The molecule has 8 nitrogen and oxygen atoms in total. The number of aryl methyl sites for hydroxylation is 2. The van der Waals surface area contributed by atoms with Crippen LogP contribution in [0, 0.1) is 13.8 Å².